The van der Waals surface area contributed by atoms with Gasteiger partial charge in [0.15, 0.2) is 0 Å². The zero-order chi connectivity index (χ0) is 28.1. The van der Waals surface area contributed by atoms with Gasteiger partial charge < -0.3 is 18.9 Å². The first-order valence-electron chi connectivity index (χ1n) is 16.7. The number of hydrogen-bond acceptors (Lipinski definition) is 6. The highest BCUT2D eigenvalue weighted by atomic mass is 16.6. The molecule has 6 nitrogen and oxygen atoms in total. The van der Waals surface area contributed by atoms with Crippen molar-refractivity contribution in [3.63, 3.8) is 0 Å². The molecule has 2 aliphatic heterocycles. The second-order valence-electron chi connectivity index (χ2n) is 12.0. The molecular weight excluding hydrogens is 492 g/mol. The van der Waals surface area contributed by atoms with Crippen LogP contribution in [0.1, 0.15) is 162 Å². The van der Waals surface area contributed by atoms with Crippen LogP contribution < -0.4 is 0 Å². The first-order chi connectivity index (χ1) is 19.0. The van der Waals surface area contributed by atoms with E-state index in [4.69, 9.17) is 18.9 Å². The summed E-state index contributed by atoms with van der Waals surface area (Å²) in [5.41, 5.74) is 0. The number of carbonyl (C=O) groups excluding carboxylic acids is 2. The Bertz CT molecular complexity index is 638. The molecule has 2 rings (SSSR count). The number of ether oxygens (including phenoxy) is 4. The highest BCUT2D eigenvalue weighted by Crippen LogP contribution is 2.32. The quantitative estimate of drug-likeness (QED) is 0.0577. The minimum atomic E-state index is -0.398. The van der Waals surface area contributed by atoms with E-state index in [0.29, 0.717) is 37.3 Å². The average Bonchev–Trinajstić information content (AvgIpc) is 3.84. The fourth-order valence-electron chi connectivity index (χ4n) is 5.46. The third-order valence-corrected chi connectivity index (χ3v) is 8.11. The molecule has 5 unspecified atom stereocenters. The lowest BCUT2D eigenvalue weighted by molar-refractivity contribution is -0.158. The van der Waals surface area contributed by atoms with Crippen molar-refractivity contribution in [3.8, 4) is 0 Å². The molecule has 5 atom stereocenters. The first-order valence-corrected chi connectivity index (χ1v) is 16.7. The first kappa shape index (κ1) is 34.1. The van der Waals surface area contributed by atoms with Crippen molar-refractivity contribution < 1.29 is 28.5 Å². The molecule has 0 aromatic heterocycles. The smallest absolute Gasteiger partial charge is 0.306 e. The zero-order valence-corrected chi connectivity index (χ0v) is 25.6. The molecule has 0 spiro atoms. The van der Waals surface area contributed by atoms with Gasteiger partial charge in [-0.25, -0.2) is 0 Å². The maximum atomic E-state index is 12.1. The monoisotopic (exact) mass is 552 g/mol. The summed E-state index contributed by atoms with van der Waals surface area (Å²) in [4.78, 5) is 24.1. The Morgan fingerprint density at radius 3 is 1.38 bits per heavy atom. The van der Waals surface area contributed by atoms with Crippen LogP contribution in [0.5, 0.6) is 0 Å². The lowest BCUT2D eigenvalue weighted by Gasteiger charge is -2.13. The maximum absolute atomic E-state index is 12.1. The van der Waals surface area contributed by atoms with E-state index in [1.54, 1.807) is 6.92 Å². The van der Waals surface area contributed by atoms with Gasteiger partial charge in [0.2, 0.25) is 0 Å². The van der Waals surface area contributed by atoms with E-state index in [2.05, 4.69) is 13.8 Å². The molecule has 2 heterocycles. The van der Waals surface area contributed by atoms with Crippen molar-refractivity contribution >= 4 is 11.9 Å². The van der Waals surface area contributed by atoms with Gasteiger partial charge in [0.05, 0.1) is 24.4 Å². The third-order valence-electron chi connectivity index (χ3n) is 8.11. The van der Waals surface area contributed by atoms with Gasteiger partial charge >= 0.3 is 11.9 Å². The maximum Gasteiger partial charge on any atom is 0.306 e. The molecule has 0 bridgehead atoms. The molecule has 228 valence electrons. The van der Waals surface area contributed by atoms with E-state index in [9.17, 15) is 9.59 Å². The van der Waals surface area contributed by atoms with Crippen LogP contribution in [0.25, 0.3) is 0 Å². The Kier molecular flexibility index (Phi) is 18.9. The minimum Gasteiger partial charge on any atom is -0.462 e. The summed E-state index contributed by atoms with van der Waals surface area (Å²) in [5, 5.41) is 0. The highest BCUT2D eigenvalue weighted by Gasteiger charge is 2.37. The fourth-order valence-corrected chi connectivity index (χ4v) is 5.46. The number of unbranched alkanes of at least 4 members (excludes halogenated alkanes) is 12. The Balaban J connectivity index is 1.32. The molecule has 2 aliphatic rings. The molecule has 39 heavy (non-hydrogen) atoms. The molecule has 0 aliphatic carbocycles. The molecule has 0 radical (unpaired) electrons. The molecule has 0 N–H and O–H groups in total. The van der Waals surface area contributed by atoms with E-state index in [1.165, 1.54) is 77.0 Å². The molecule has 6 heteroatoms. The van der Waals surface area contributed by atoms with Crippen LogP contribution in [0.15, 0.2) is 0 Å². The molecule has 0 amide bonds. The van der Waals surface area contributed by atoms with E-state index < -0.39 is 6.10 Å². The normalized spacial score (nSPS) is 22.4. The number of hydrogen-bond donors (Lipinski definition) is 0. The Morgan fingerprint density at radius 2 is 0.949 bits per heavy atom. The molecule has 0 aromatic rings. The second-order valence-corrected chi connectivity index (χ2v) is 12.0. The van der Waals surface area contributed by atoms with Crippen molar-refractivity contribution in [2.24, 2.45) is 0 Å². The van der Waals surface area contributed by atoms with E-state index in [1.807, 2.05) is 0 Å². The van der Waals surface area contributed by atoms with Crippen LogP contribution in [0.4, 0.5) is 0 Å². The fraction of sp³-hybridized carbons (Fsp3) is 0.939. The average molecular weight is 553 g/mol. The number of carbonyl (C=O) groups is 2. The van der Waals surface area contributed by atoms with Crippen LogP contribution in [0.3, 0.4) is 0 Å². The standard InChI is InChI=1S/C33H60O6/c1-4-6-8-10-14-20-28-30(38-28)22-16-12-18-24-32(34)36-26-27(3)37-33(35)25-19-13-17-23-31-29(39-31)21-15-11-9-7-5-2/h27-31H,4-26H2,1-3H3. The highest BCUT2D eigenvalue weighted by molar-refractivity contribution is 5.70. The summed E-state index contributed by atoms with van der Waals surface area (Å²) >= 11 is 0. The van der Waals surface area contributed by atoms with E-state index in [0.717, 1.165) is 51.4 Å². The van der Waals surface area contributed by atoms with Crippen LogP contribution in [0, 0.1) is 0 Å². The lowest BCUT2D eigenvalue weighted by Crippen LogP contribution is -2.22. The predicted octanol–water partition coefficient (Wildman–Crippen LogP) is 8.62. The van der Waals surface area contributed by atoms with E-state index in [-0.39, 0.29) is 18.5 Å². The van der Waals surface area contributed by atoms with Gasteiger partial charge in [0.1, 0.15) is 12.7 Å². The third kappa shape index (κ3) is 18.0. The molecular formula is C33H60O6. The SMILES string of the molecule is CCCCCCCC1OC1CCCCCC(=O)OCC(C)OC(=O)CCCCCC1OC1CCCCCCC. The van der Waals surface area contributed by atoms with Crippen molar-refractivity contribution in [2.75, 3.05) is 6.61 Å². The topological polar surface area (TPSA) is 77.7 Å². The summed E-state index contributed by atoms with van der Waals surface area (Å²) in [7, 11) is 0. The van der Waals surface area contributed by atoms with Crippen molar-refractivity contribution in [1.82, 2.24) is 0 Å². The van der Waals surface area contributed by atoms with Crippen LogP contribution in [-0.4, -0.2) is 49.1 Å². The zero-order valence-electron chi connectivity index (χ0n) is 25.6. The Labute approximate surface area is 239 Å². The minimum absolute atomic E-state index is 0.138. The van der Waals surface area contributed by atoms with Crippen LogP contribution >= 0.6 is 0 Å². The van der Waals surface area contributed by atoms with Gasteiger partial charge in [0, 0.05) is 12.8 Å². The van der Waals surface area contributed by atoms with Crippen molar-refractivity contribution in [3.05, 3.63) is 0 Å². The van der Waals surface area contributed by atoms with Crippen LogP contribution in [-0.2, 0) is 28.5 Å². The van der Waals surface area contributed by atoms with Gasteiger partial charge in [-0.3, -0.25) is 9.59 Å². The molecule has 0 aromatic carbocycles. The summed E-state index contributed by atoms with van der Waals surface area (Å²) < 4.78 is 22.3. The van der Waals surface area contributed by atoms with Crippen LogP contribution in [0.2, 0.25) is 0 Å². The molecule has 2 saturated heterocycles. The molecule has 2 fully saturated rings. The van der Waals surface area contributed by atoms with Crippen molar-refractivity contribution in [1.29, 1.82) is 0 Å². The summed E-state index contributed by atoms with van der Waals surface area (Å²) in [6.45, 7) is 6.42. The van der Waals surface area contributed by atoms with Gasteiger partial charge in [-0.05, 0) is 45.4 Å². The van der Waals surface area contributed by atoms with Gasteiger partial charge in [-0.15, -0.1) is 0 Å². The predicted molar refractivity (Wildman–Crippen MR) is 157 cm³/mol. The lowest BCUT2D eigenvalue weighted by atomic mass is 10.0. The summed E-state index contributed by atoms with van der Waals surface area (Å²) in [5.74, 6) is -0.403. The summed E-state index contributed by atoms with van der Waals surface area (Å²) in [6, 6.07) is 0. The van der Waals surface area contributed by atoms with Crippen molar-refractivity contribution in [2.45, 2.75) is 193 Å². The van der Waals surface area contributed by atoms with Gasteiger partial charge in [0.25, 0.3) is 0 Å². The second kappa shape index (κ2) is 21.6. The molecule has 0 saturated carbocycles. The number of epoxide rings is 2. The Morgan fingerprint density at radius 1 is 0.564 bits per heavy atom. The summed E-state index contributed by atoms with van der Waals surface area (Å²) in [6.07, 6.45) is 26.1. The largest absolute Gasteiger partial charge is 0.462 e. The number of rotatable bonds is 27. The number of esters is 2. The Hall–Kier alpha value is -1.14. The van der Waals surface area contributed by atoms with E-state index >= 15 is 0 Å². The van der Waals surface area contributed by atoms with Gasteiger partial charge in [-0.2, -0.15) is 0 Å². The van der Waals surface area contributed by atoms with Gasteiger partial charge in [-0.1, -0.05) is 104 Å².